The minimum atomic E-state index is -1.57. The molecular formula is C77H92N2O11. The number of ketones is 1. The molecule has 476 valence electrons. The zero-order valence-electron chi connectivity index (χ0n) is 52.7. The zero-order valence-corrected chi connectivity index (χ0v) is 52.7. The van der Waals surface area contributed by atoms with Crippen LogP contribution in [0.2, 0.25) is 0 Å². The summed E-state index contributed by atoms with van der Waals surface area (Å²) >= 11 is 0. The largest absolute Gasteiger partial charge is 0.469 e. The Bertz CT molecular complexity index is 3590. The summed E-state index contributed by atoms with van der Waals surface area (Å²) in [5.74, 6) is 7.23. The first-order valence-corrected chi connectivity index (χ1v) is 36.1. The minimum absolute atomic E-state index is 0.0241. The monoisotopic (exact) mass is 1220 g/mol. The number of hydrogen-bond donors (Lipinski definition) is 4. The predicted molar refractivity (Wildman–Crippen MR) is 329 cm³/mol. The summed E-state index contributed by atoms with van der Waals surface area (Å²) in [6, 6.07) is 13.2. The quantitative estimate of drug-likeness (QED) is 0.0850. The van der Waals surface area contributed by atoms with Crippen LogP contribution in [0.1, 0.15) is 153 Å². The Kier molecular flexibility index (Phi) is 11.5. The number of Topliss-reactive ketones (excluding diaryl/α,β-unsaturated/α-hetero) is 1. The molecule has 0 radical (unpaired) electrons. The SMILES string of the molecule is C[C@H]1[C@@H]2CCC[C@@H]2CC[C@@]12C=CC[C@]13O[C@]45C(=C[C@@H]21)C[C@H]1CCC[C@]12C[C@H]1C[C@]6(C)[C@]78O[C@@H]7C(=O)O[C@]6(c6ccoc6C[C@@H]([C@@H]6CC[C@H]7[C@H](C=CN9CNC[C@H]79)C6)[C@H](O)CO)CC#C[C@@H]6CC[C@@H](Cc7ccccc7)C[C@@H]6[C@]86[C@H](O)C(=O)[C@H]3[C@@]4(COC(=O)[C@@H]25)[C@@H]16. The predicted octanol–water partition coefficient (Wildman–Crippen LogP) is 9.95. The number of ether oxygens (including phenoxy) is 4. The van der Waals surface area contributed by atoms with Crippen molar-refractivity contribution in [3.8, 4) is 11.8 Å². The summed E-state index contributed by atoms with van der Waals surface area (Å²) in [4.78, 5) is 52.7. The van der Waals surface area contributed by atoms with Crippen molar-refractivity contribution in [2.45, 2.75) is 195 Å². The summed E-state index contributed by atoms with van der Waals surface area (Å²) < 4.78 is 38.0. The van der Waals surface area contributed by atoms with E-state index in [1.165, 1.54) is 30.4 Å². The topological polar surface area (TPSA) is 181 Å². The summed E-state index contributed by atoms with van der Waals surface area (Å²) in [6.07, 6.45) is 28.1. The van der Waals surface area contributed by atoms with E-state index in [1.807, 2.05) is 6.07 Å². The fraction of sp³-hybridized carbons (Fsp3) is 0.727. The summed E-state index contributed by atoms with van der Waals surface area (Å²) in [5.41, 5.74) is -6.43. The van der Waals surface area contributed by atoms with E-state index < -0.39 is 98.6 Å². The highest BCUT2D eigenvalue weighted by Gasteiger charge is 3.00. The fourth-order valence-corrected chi connectivity index (χ4v) is 29.4. The Morgan fingerprint density at radius 3 is 2.69 bits per heavy atom. The van der Waals surface area contributed by atoms with Crippen molar-refractivity contribution < 1.29 is 53.1 Å². The van der Waals surface area contributed by atoms with E-state index in [0.29, 0.717) is 79.1 Å². The maximum absolute atomic E-state index is 18.0. The lowest BCUT2D eigenvalue weighted by Gasteiger charge is -2.74. The molecule has 20 rings (SSSR count). The number of rotatable bonds is 8. The highest BCUT2D eigenvalue weighted by molar-refractivity contribution is 5.94. The maximum Gasteiger partial charge on any atom is 0.339 e. The smallest absolute Gasteiger partial charge is 0.339 e. The number of nitrogens with one attached hydrogen (secondary N) is 1. The van der Waals surface area contributed by atoms with E-state index in [-0.39, 0.29) is 71.6 Å². The third kappa shape index (κ3) is 6.20. The van der Waals surface area contributed by atoms with Crippen LogP contribution in [0, 0.1) is 134 Å². The summed E-state index contributed by atoms with van der Waals surface area (Å²) in [5, 5.41) is 42.0. The van der Waals surface area contributed by atoms with Gasteiger partial charge in [0, 0.05) is 52.7 Å². The maximum atomic E-state index is 18.0. The van der Waals surface area contributed by atoms with E-state index >= 15 is 19.5 Å². The number of aliphatic hydroxyl groups is 3. The number of carbonyl (C=O) groups is 3. The van der Waals surface area contributed by atoms with Crippen LogP contribution in [-0.2, 0) is 51.8 Å². The molecule has 8 heterocycles. The molecule has 13 heteroatoms. The molecule has 13 nitrogen and oxygen atoms in total. The molecule has 0 amide bonds. The van der Waals surface area contributed by atoms with Gasteiger partial charge in [-0.2, -0.15) is 0 Å². The van der Waals surface area contributed by atoms with Crippen LogP contribution in [0.15, 0.2) is 83.2 Å². The Morgan fingerprint density at radius 2 is 1.81 bits per heavy atom. The van der Waals surface area contributed by atoms with Gasteiger partial charge in [0.05, 0.1) is 54.9 Å². The fourth-order valence-electron chi connectivity index (χ4n) is 29.4. The normalized spacial score (nSPS) is 54.0. The number of benzene rings is 1. The highest BCUT2D eigenvalue weighted by atomic mass is 16.7. The number of nitrogens with zero attached hydrogens (tertiary/aromatic N) is 1. The van der Waals surface area contributed by atoms with Crippen LogP contribution in [0.5, 0.6) is 0 Å². The molecule has 0 unspecified atom stereocenters. The molecule has 29 atom stereocenters. The van der Waals surface area contributed by atoms with Crippen molar-refractivity contribution >= 4 is 17.7 Å². The van der Waals surface area contributed by atoms with E-state index in [0.717, 1.165) is 90.3 Å². The van der Waals surface area contributed by atoms with Crippen LogP contribution < -0.4 is 5.32 Å². The third-order valence-electron chi connectivity index (χ3n) is 32.0. The van der Waals surface area contributed by atoms with Gasteiger partial charge >= 0.3 is 11.9 Å². The first-order valence-electron chi connectivity index (χ1n) is 36.1. The van der Waals surface area contributed by atoms with Crippen LogP contribution in [0.3, 0.4) is 0 Å². The van der Waals surface area contributed by atoms with Gasteiger partial charge in [0.2, 0.25) is 0 Å². The van der Waals surface area contributed by atoms with Crippen molar-refractivity contribution in [3.63, 3.8) is 0 Å². The lowest BCUT2D eigenvalue weighted by Crippen LogP contribution is -2.84. The average molecular weight is 1220 g/mol. The van der Waals surface area contributed by atoms with Gasteiger partial charge < -0.3 is 43.6 Å². The zero-order chi connectivity index (χ0) is 60.5. The van der Waals surface area contributed by atoms with Crippen molar-refractivity contribution in [1.82, 2.24) is 10.2 Å². The second-order valence-electron chi connectivity index (χ2n) is 34.0. The number of fused-ring (bicyclic) bond motifs is 6. The molecule has 1 aromatic heterocycles. The number of epoxide rings is 1. The Hall–Kier alpha value is -4.55. The Balaban J connectivity index is 0.808. The molecule has 1 aromatic carbocycles. The van der Waals surface area contributed by atoms with E-state index in [9.17, 15) is 10.2 Å². The molecule has 9 bridgehead atoms. The Morgan fingerprint density at radius 1 is 0.922 bits per heavy atom. The molecule has 4 N–H and O–H groups in total. The van der Waals surface area contributed by atoms with Crippen molar-refractivity contribution in [2.24, 2.45) is 122 Å². The third-order valence-corrected chi connectivity index (χ3v) is 32.0. The van der Waals surface area contributed by atoms with Gasteiger partial charge in [-0.05, 0) is 203 Å². The molecule has 5 saturated heterocycles. The van der Waals surface area contributed by atoms with Gasteiger partial charge in [0.15, 0.2) is 17.5 Å². The standard InChI is InChI=1S/C77H92N2O11/c1-42-52-15-6-12-45(52)20-27-70(42)24-9-25-73-60(70)34-51-33-50-14-8-23-71(50)37-49-36-69(2)74(55-22-29-86-59(55)35-54(58(81)39-80)47-18-19-53-48(32-47)21-28-79-41-78-38-57(53)79)26-7-13-46-17-16-44(30-43-10-4-3-5-11-43)31-56(46)75(77(69)66(88-77)68(85)89-74)62(49)72(63(73)61(82)65(75)83)40-87-67(84)64(71)76(51,72)90-73/h3-5,9-11,21-22,24,28-29,34,42,44-50,52-54,56-58,60,62-66,78,80-81,83H,6,8,12,14-20,23,25-27,30-33,35-41H2,1-2H3/t42-,44-,45+,46+,47+,48+,49+,50+,52-,53-,54-,56-,57+,58+,60-,62+,63-,64-,65+,66+,69-,70-,71-,72+,73-,74-,75-,76-,77+/m0/s1. The summed E-state index contributed by atoms with van der Waals surface area (Å²) in [7, 11) is 0. The molecule has 14 fully saturated rings. The molecule has 9 saturated carbocycles. The number of aliphatic hydroxyl groups excluding tert-OH is 3. The van der Waals surface area contributed by atoms with Crippen molar-refractivity contribution in [1.29, 1.82) is 0 Å². The number of furan rings is 1. The number of hydrogen-bond acceptors (Lipinski definition) is 13. The average Bonchev–Trinajstić information content (AvgIpc) is 1.40. The Labute approximate surface area is 529 Å². The highest BCUT2D eigenvalue weighted by Crippen LogP contribution is 2.92. The van der Waals surface area contributed by atoms with Gasteiger partial charge in [0.25, 0.3) is 0 Å². The first-order chi connectivity index (χ1) is 43.7. The van der Waals surface area contributed by atoms with Crippen LogP contribution in [-0.4, -0.2) is 106 Å². The summed E-state index contributed by atoms with van der Waals surface area (Å²) in [6.45, 7) is 6.28. The van der Waals surface area contributed by atoms with E-state index in [4.69, 9.17) is 23.4 Å². The minimum Gasteiger partial charge on any atom is -0.469 e. The van der Waals surface area contributed by atoms with E-state index in [2.05, 4.69) is 96.7 Å². The number of cyclic esters (lactones) is 1. The van der Waals surface area contributed by atoms with Gasteiger partial charge in [-0.25, -0.2) is 4.79 Å². The molecule has 18 aliphatic rings. The molecule has 2 aromatic rings. The second-order valence-corrected chi connectivity index (χ2v) is 34.0. The first kappa shape index (κ1) is 55.9. The van der Waals surface area contributed by atoms with Gasteiger partial charge in [-0.3, -0.25) is 14.9 Å². The van der Waals surface area contributed by atoms with Crippen molar-refractivity contribution in [2.75, 3.05) is 26.4 Å². The number of esters is 2. The lowest BCUT2D eigenvalue weighted by molar-refractivity contribution is -0.315. The van der Waals surface area contributed by atoms with Gasteiger partial charge in [-0.1, -0.05) is 99.6 Å². The molecular weight excluding hydrogens is 1130 g/mol. The van der Waals surface area contributed by atoms with Crippen LogP contribution in [0.25, 0.3) is 0 Å². The molecule has 7 spiro atoms. The number of allylic oxidation sites excluding steroid dienone is 2. The van der Waals surface area contributed by atoms with E-state index in [1.54, 1.807) is 6.26 Å². The molecule has 7 aliphatic heterocycles. The van der Waals surface area contributed by atoms with Gasteiger partial charge in [-0.15, -0.1) is 0 Å². The molecule has 11 aliphatic carbocycles. The van der Waals surface area contributed by atoms with Crippen LogP contribution >= 0.6 is 0 Å². The van der Waals surface area contributed by atoms with Gasteiger partial charge in [0.1, 0.15) is 29.7 Å². The second kappa shape index (κ2) is 18.5. The molecule has 90 heavy (non-hydrogen) atoms. The number of carbonyl (C=O) groups excluding carboxylic acids is 3. The van der Waals surface area contributed by atoms with Crippen molar-refractivity contribution in [3.05, 3.63) is 95.6 Å². The van der Waals surface area contributed by atoms with Crippen LogP contribution in [0.4, 0.5) is 0 Å². The lowest BCUT2D eigenvalue weighted by atomic mass is 9.28.